The van der Waals surface area contributed by atoms with Crippen molar-refractivity contribution in [2.75, 3.05) is 45.3 Å². The second-order valence-electron chi connectivity index (χ2n) is 17.6. The fourth-order valence-electron chi connectivity index (χ4n) is 9.63. The van der Waals surface area contributed by atoms with E-state index in [0.717, 1.165) is 31.6 Å². The van der Waals surface area contributed by atoms with Crippen molar-refractivity contribution in [2.24, 2.45) is 4.99 Å². The van der Waals surface area contributed by atoms with Crippen LogP contribution < -0.4 is 15.8 Å². The average Bonchev–Trinajstić information content (AvgIpc) is 3.87. The normalized spacial score (nSPS) is 17.8. The molecule has 17 heteroatoms. The fourth-order valence-corrected chi connectivity index (χ4v) is 15.2. The molecule has 15 nitrogen and oxygen atoms in total. The molecule has 0 spiro atoms. The number of nitrogens with zero attached hydrogens (tertiary/aromatic N) is 4. The van der Waals surface area contributed by atoms with Gasteiger partial charge in [0.25, 0.3) is 5.91 Å². The topological polar surface area (TPSA) is 183 Å². The summed E-state index contributed by atoms with van der Waals surface area (Å²) < 4.78 is 32.8. The minimum Gasteiger partial charge on any atom is -0.467 e. The number of amides is 2. The first-order valence-electron chi connectivity index (χ1n) is 22.7. The van der Waals surface area contributed by atoms with Crippen LogP contribution in [0.3, 0.4) is 0 Å². The Labute approximate surface area is 396 Å². The number of ether oxygens (including phenoxy) is 4. The van der Waals surface area contributed by atoms with Gasteiger partial charge in [-0.05, 0) is 88.5 Å². The van der Waals surface area contributed by atoms with Gasteiger partial charge in [-0.1, -0.05) is 106 Å². The van der Waals surface area contributed by atoms with E-state index in [1.54, 1.807) is 41.1 Å². The van der Waals surface area contributed by atoms with E-state index in [-0.39, 0.29) is 50.3 Å². The quantitative estimate of drug-likeness (QED) is 0.0317. The third kappa shape index (κ3) is 11.5. The van der Waals surface area contributed by atoms with Gasteiger partial charge in [0.05, 0.1) is 19.8 Å². The number of nitrogens with one attached hydrogen (secondary N) is 1. The van der Waals surface area contributed by atoms with Crippen LogP contribution in [0.2, 0.25) is 16.6 Å². The van der Waals surface area contributed by atoms with Gasteiger partial charge in [0, 0.05) is 35.1 Å². The van der Waals surface area contributed by atoms with Crippen molar-refractivity contribution >= 4 is 48.0 Å². The van der Waals surface area contributed by atoms with E-state index >= 15 is 0 Å². The first kappa shape index (κ1) is 50.7. The largest absolute Gasteiger partial charge is 0.467 e. The number of carbonyl (C=O) groups is 3. The Morgan fingerprint density at radius 3 is 2.15 bits per heavy atom. The second kappa shape index (κ2) is 23.3. The summed E-state index contributed by atoms with van der Waals surface area (Å²) in [4.78, 5) is 50.5. The molecular weight excluding hydrogens is 927 g/mol. The van der Waals surface area contributed by atoms with Crippen LogP contribution in [0.15, 0.2) is 94.5 Å². The van der Waals surface area contributed by atoms with E-state index in [0.29, 0.717) is 41.4 Å². The number of carbonyl (C=O) groups excluding carboxylic acids is 3. The summed E-state index contributed by atoms with van der Waals surface area (Å²) in [5.74, 6) is -1.06. The minimum atomic E-state index is -2.27. The van der Waals surface area contributed by atoms with Gasteiger partial charge in [0.1, 0.15) is 38.1 Å². The molecule has 0 bridgehead atoms. The Kier molecular flexibility index (Phi) is 17.9. The monoisotopic (exact) mass is 989 g/mol. The molecule has 2 aliphatic rings. The Hall–Kier alpha value is -4.75. The number of methoxy groups -OCH3 is 1. The van der Waals surface area contributed by atoms with Crippen LogP contribution in [-0.2, 0) is 28.2 Å². The lowest BCUT2D eigenvalue weighted by Crippen LogP contribution is -2.48. The average molecular weight is 991 g/mol. The molecule has 3 aromatic carbocycles. The van der Waals surface area contributed by atoms with Crippen LogP contribution in [0.1, 0.15) is 101 Å². The lowest BCUT2D eigenvalue weighted by atomic mass is 9.98. The molecule has 356 valence electrons. The van der Waals surface area contributed by atoms with Crippen LogP contribution in [0.5, 0.6) is 0 Å². The molecule has 4 aromatic rings. The van der Waals surface area contributed by atoms with Gasteiger partial charge in [0.15, 0.2) is 6.23 Å². The molecule has 0 saturated carbocycles. The highest BCUT2D eigenvalue weighted by Crippen LogP contribution is 2.45. The number of hydrogen-bond donors (Lipinski definition) is 3. The summed E-state index contributed by atoms with van der Waals surface area (Å²) in [6.07, 6.45) is 0.663. The number of esters is 1. The Morgan fingerprint density at radius 1 is 0.924 bits per heavy atom. The van der Waals surface area contributed by atoms with Crippen molar-refractivity contribution in [1.82, 2.24) is 14.9 Å². The summed E-state index contributed by atoms with van der Waals surface area (Å²) in [5, 5.41) is 23.4. The molecule has 1 fully saturated rings. The van der Waals surface area contributed by atoms with Gasteiger partial charge >= 0.3 is 12.1 Å². The zero-order valence-corrected chi connectivity index (χ0v) is 41.5. The van der Waals surface area contributed by atoms with Crippen LogP contribution in [0, 0.1) is 0 Å². The smallest absolute Gasteiger partial charge is 0.407 e. The Bertz CT molecular complexity index is 2280. The highest BCUT2D eigenvalue weighted by molar-refractivity contribution is 9.10. The Morgan fingerprint density at radius 2 is 1.56 bits per heavy atom. The summed E-state index contributed by atoms with van der Waals surface area (Å²) in [6, 6.07) is 23.5. The van der Waals surface area contributed by atoms with Crippen LogP contribution in [-0.4, -0.2) is 105 Å². The number of halogens is 1. The lowest BCUT2D eigenvalue weighted by Gasteiger charge is -2.42. The number of aromatic nitrogens is 2. The van der Waals surface area contributed by atoms with Crippen LogP contribution in [0.25, 0.3) is 11.1 Å². The van der Waals surface area contributed by atoms with Crippen LogP contribution in [0.4, 0.5) is 10.6 Å². The number of unbranched alkanes of at least 4 members (excludes halogenated alkanes) is 1. The van der Waals surface area contributed by atoms with Crippen molar-refractivity contribution in [3.05, 3.63) is 112 Å². The van der Waals surface area contributed by atoms with Crippen molar-refractivity contribution in [3.63, 3.8) is 0 Å². The van der Waals surface area contributed by atoms with E-state index in [4.69, 9.17) is 33.3 Å². The van der Waals surface area contributed by atoms with Gasteiger partial charge < -0.3 is 38.9 Å². The highest BCUT2D eigenvalue weighted by atomic mass is 79.9. The number of aliphatic hydroxyl groups is 2. The maximum absolute atomic E-state index is 13.7. The summed E-state index contributed by atoms with van der Waals surface area (Å²) in [5.41, 5.74) is 5.94. The van der Waals surface area contributed by atoms with Gasteiger partial charge in [-0.3, -0.25) is 19.3 Å². The third-order valence-corrected chi connectivity index (χ3v) is 19.3. The van der Waals surface area contributed by atoms with E-state index in [1.165, 1.54) is 7.11 Å². The van der Waals surface area contributed by atoms with Crippen molar-refractivity contribution in [1.29, 1.82) is 0 Å². The molecule has 1 aliphatic heterocycles. The predicted octanol–water partition coefficient (Wildman–Crippen LogP) is 8.21. The Balaban J connectivity index is 1.18. The molecule has 1 unspecified atom stereocenters. The SMILES string of the molecule is COC(=O)[C@H](CCCCN=c1nc(N(CO)C(=O)c2ccc(Br)cc2)ccn1[C@@H]1O[C@H](CO)CC1OCO[Si](C(C)C)(C(C)C)C(C)C)NC(=O)OCC1c2ccccc2-c2ccccc21. The molecular formula is C49H64BrN5O10Si. The van der Waals surface area contributed by atoms with E-state index in [9.17, 15) is 24.6 Å². The molecule has 1 aromatic heterocycles. The van der Waals surface area contributed by atoms with Crippen molar-refractivity contribution in [2.45, 2.75) is 114 Å². The van der Waals surface area contributed by atoms with E-state index in [1.807, 2.05) is 36.4 Å². The standard InChI is InChI=1S/C49H64BrN5O10Si/c1-31(2)66(32(3)4,33(5)6)64-30-63-43-26-36(27-56)65-46(43)54-25-23-44(55(29-57)45(58)34-19-21-35(50)22-20-34)53-48(54)51-24-13-12-18-42(47(59)61-7)52-49(60)62-28-41-39-16-10-8-14-37(39)38-15-9-11-17-40(38)41/h8-11,14-17,19-23,25,31-33,36,41-43,46,56-57H,12-13,18,24,26-30H2,1-7H3,(H,52,60)/t36-,42-,43?,46+/m0/s1. The zero-order chi connectivity index (χ0) is 47.5. The maximum atomic E-state index is 13.7. The lowest BCUT2D eigenvalue weighted by molar-refractivity contribution is -0.143. The number of fused-ring (bicyclic) bond motifs is 3. The van der Waals surface area contributed by atoms with Gasteiger partial charge in [0.2, 0.25) is 13.9 Å². The number of hydrogen-bond acceptors (Lipinski definition) is 12. The van der Waals surface area contributed by atoms with E-state index < -0.39 is 57.5 Å². The molecule has 2 heterocycles. The van der Waals surface area contributed by atoms with Gasteiger partial charge in [-0.25, -0.2) is 9.59 Å². The van der Waals surface area contributed by atoms with Crippen molar-refractivity contribution < 1.29 is 48.0 Å². The molecule has 1 aliphatic carbocycles. The van der Waals surface area contributed by atoms with Crippen LogP contribution >= 0.6 is 15.9 Å². The first-order chi connectivity index (χ1) is 31.7. The zero-order valence-electron chi connectivity index (χ0n) is 38.9. The second-order valence-corrected chi connectivity index (χ2v) is 24.0. The summed E-state index contributed by atoms with van der Waals surface area (Å²) >= 11 is 3.40. The molecule has 0 radical (unpaired) electrons. The molecule has 3 N–H and O–H groups in total. The maximum Gasteiger partial charge on any atom is 0.407 e. The molecule has 66 heavy (non-hydrogen) atoms. The molecule has 6 rings (SSSR count). The van der Waals surface area contributed by atoms with Crippen molar-refractivity contribution in [3.8, 4) is 11.1 Å². The number of aliphatic hydroxyl groups excluding tert-OH is 2. The van der Waals surface area contributed by atoms with E-state index in [2.05, 4.69) is 74.9 Å². The number of alkyl carbamates (subject to hydrolysis) is 1. The predicted molar refractivity (Wildman–Crippen MR) is 256 cm³/mol. The third-order valence-electron chi connectivity index (χ3n) is 12.8. The van der Waals surface area contributed by atoms with Gasteiger partial charge in [-0.15, -0.1) is 0 Å². The fraction of sp³-hybridized carbons (Fsp3) is 0.490. The summed E-state index contributed by atoms with van der Waals surface area (Å²) in [6.45, 7) is 12.7. The summed E-state index contributed by atoms with van der Waals surface area (Å²) in [7, 11) is -0.996. The minimum absolute atomic E-state index is 0.0490. The van der Waals surface area contributed by atoms with Gasteiger partial charge in [-0.2, -0.15) is 4.98 Å². The number of benzene rings is 3. The first-order valence-corrected chi connectivity index (χ1v) is 25.7. The highest BCUT2D eigenvalue weighted by Gasteiger charge is 2.46. The molecule has 2 amide bonds. The number of anilines is 1. The number of rotatable bonds is 21. The molecule has 1 saturated heterocycles. The molecule has 4 atom stereocenters.